The molecule has 0 atom stereocenters. The molecule has 1 aliphatic rings. The van der Waals surface area contributed by atoms with Gasteiger partial charge < -0.3 is 10.1 Å². The third kappa shape index (κ3) is 4.40. The molecule has 1 fully saturated rings. The summed E-state index contributed by atoms with van der Waals surface area (Å²) in [6.07, 6.45) is 1.95. The SMILES string of the molecule is COc1ccc(C)cc1NC(=O)CCn1nnc2cc(S(=O)(=O)N3CCCC3)ccc21. The number of fused-ring (bicyclic) bond motifs is 1. The van der Waals surface area contributed by atoms with Crippen LogP contribution in [0.5, 0.6) is 5.75 Å². The summed E-state index contributed by atoms with van der Waals surface area (Å²) in [5.74, 6) is 0.415. The molecule has 1 aliphatic heterocycles. The first-order valence-electron chi connectivity index (χ1n) is 10.2. The van der Waals surface area contributed by atoms with E-state index in [0.717, 1.165) is 18.4 Å². The fourth-order valence-corrected chi connectivity index (χ4v) is 5.23. The number of ether oxygens (including phenoxy) is 1. The van der Waals surface area contributed by atoms with Gasteiger partial charge in [0.15, 0.2) is 0 Å². The lowest BCUT2D eigenvalue weighted by atomic mass is 10.2. The van der Waals surface area contributed by atoms with Crippen molar-refractivity contribution in [2.45, 2.75) is 37.6 Å². The molecule has 1 saturated heterocycles. The van der Waals surface area contributed by atoms with Gasteiger partial charge in [-0.1, -0.05) is 11.3 Å². The van der Waals surface area contributed by atoms with Crippen LogP contribution in [0.1, 0.15) is 24.8 Å². The van der Waals surface area contributed by atoms with Gasteiger partial charge in [-0.3, -0.25) is 4.79 Å². The molecule has 0 radical (unpaired) electrons. The molecule has 0 spiro atoms. The van der Waals surface area contributed by atoms with Crippen LogP contribution in [0.2, 0.25) is 0 Å². The van der Waals surface area contributed by atoms with E-state index in [2.05, 4.69) is 15.6 Å². The van der Waals surface area contributed by atoms with Crippen LogP contribution in [0.3, 0.4) is 0 Å². The quantitative estimate of drug-likeness (QED) is 0.602. The van der Waals surface area contributed by atoms with Gasteiger partial charge in [0.2, 0.25) is 15.9 Å². The topological polar surface area (TPSA) is 106 Å². The second-order valence-corrected chi connectivity index (χ2v) is 9.51. The van der Waals surface area contributed by atoms with Crippen LogP contribution in [0.15, 0.2) is 41.3 Å². The number of methoxy groups -OCH3 is 1. The van der Waals surface area contributed by atoms with E-state index < -0.39 is 10.0 Å². The lowest BCUT2D eigenvalue weighted by Crippen LogP contribution is -2.27. The van der Waals surface area contributed by atoms with E-state index in [0.29, 0.717) is 42.1 Å². The molecule has 4 rings (SSSR count). The van der Waals surface area contributed by atoms with Gasteiger partial charge in [0.1, 0.15) is 11.3 Å². The molecule has 0 unspecified atom stereocenters. The van der Waals surface area contributed by atoms with E-state index in [1.807, 2.05) is 25.1 Å². The largest absolute Gasteiger partial charge is 0.495 e. The molecule has 9 nitrogen and oxygen atoms in total. The lowest BCUT2D eigenvalue weighted by Gasteiger charge is -2.15. The first-order chi connectivity index (χ1) is 14.9. The van der Waals surface area contributed by atoms with Crippen LogP contribution in [-0.2, 0) is 21.4 Å². The molecule has 2 heterocycles. The number of carbonyl (C=O) groups excluding carboxylic acids is 1. The van der Waals surface area contributed by atoms with Crippen molar-refractivity contribution in [3.63, 3.8) is 0 Å². The minimum atomic E-state index is -3.51. The predicted molar refractivity (Wildman–Crippen MR) is 116 cm³/mol. The van der Waals surface area contributed by atoms with E-state index in [-0.39, 0.29) is 17.2 Å². The van der Waals surface area contributed by atoms with Crippen LogP contribution in [0.4, 0.5) is 5.69 Å². The number of hydrogen-bond acceptors (Lipinski definition) is 6. The number of benzene rings is 2. The Morgan fingerprint density at radius 1 is 1.16 bits per heavy atom. The zero-order chi connectivity index (χ0) is 22.0. The van der Waals surface area contributed by atoms with Crippen molar-refractivity contribution in [2.75, 3.05) is 25.5 Å². The van der Waals surface area contributed by atoms with Crippen LogP contribution in [0, 0.1) is 6.92 Å². The summed E-state index contributed by atoms with van der Waals surface area (Å²) in [6, 6.07) is 10.4. The second kappa shape index (κ2) is 8.64. The number of aromatic nitrogens is 3. The van der Waals surface area contributed by atoms with Crippen LogP contribution in [-0.4, -0.2) is 53.8 Å². The van der Waals surface area contributed by atoms with Gasteiger partial charge in [-0.05, 0) is 55.7 Å². The van der Waals surface area contributed by atoms with Gasteiger partial charge in [-0.15, -0.1) is 5.10 Å². The van der Waals surface area contributed by atoms with Crippen molar-refractivity contribution in [1.29, 1.82) is 0 Å². The van der Waals surface area contributed by atoms with Gasteiger partial charge in [0, 0.05) is 19.5 Å². The van der Waals surface area contributed by atoms with Gasteiger partial charge in [0.25, 0.3) is 0 Å². The normalized spacial score (nSPS) is 14.8. The molecule has 3 aromatic rings. The average molecular weight is 444 g/mol. The van der Waals surface area contributed by atoms with Gasteiger partial charge in [-0.25, -0.2) is 13.1 Å². The first-order valence-corrected chi connectivity index (χ1v) is 11.6. The smallest absolute Gasteiger partial charge is 0.243 e. The average Bonchev–Trinajstić information content (AvgIpc) is 3.42. The maximum absolute atomic E-state index is 12.8. The highest BCUT2D eigenvalue weighted by Crippen LogP contribution is 2.26. The molecule has 1 aromatic heterocycles. The Morgan fingerprint density at radius 2 is 1.94 bits per heavy atom. The fourth-order valence-electron chi connectivity index (χ4n) is 3.69. The van der Waals surface area contributed by atoms with Crippen LogP contribution < -0.4 is 10.1 Å². The number of anilines is 1. The number of carbonyl (C=O) groups is 1. The summed E-state index contributed by atoms with van der Waals surface area (Å²) in [7, 11) is -1.96. The number of nitrogens with zero attached hydrogens (tertiary/aromatic N) is 4. The molecule has 31 heavy (non-hydrogen) atoms. The Kier molecular flexibility index (Phi) is 5.92. The number of sulfonamides is 1. The highest BCUT2D eigenvalue weighted by Gasteiger charge is 2.27. The fraction of sp³-hybridized carbons (Fsp3) is 0.381. The van der Waals surface area contributed by atoms with Crippen molar-refractivity contribution in [3.8, 4) is 5.75 Å². The molecule has 1 amide bonds. The minimum Gasteiger partial charge on any atom is -0.495 e. The Morgan fingerprint density at radius 3 is 2.68 bits per heavy atom. The van der Waals surface area contributed by atoms with Crippen LogP contribution in [0.25, 0.3) is 11.0 Å². The summed E-state index contributed by atoms with van der Waals surface area (Å²) in [5.41, 5.74) is 2.80. The number of amides is 1. The molecular formula is C21H25N5O4S. The third-order valence-corrected chi connectivity index (χ3v) is 7.26. The highest BCUT2D eigenvalue weighted by atomic mass is 32.2. The summed E-state index contributed by atoms with van der Waals surface area (Å²) in [5, 5.41) is 11.1. The third-order valence-electron chi connectivity index (χ3n) is 5.37. The Balaban J connectivity index is 1.46. The predicted octanol–water partition coefficient (Wildman–Crippen LogP) is 2.56. The van der Waals surface area contributed by atoms with Crippen molar-refractivity contribution >= 4 is 32.7 Å². The molecular weight excluding hydrogens is 418 g/mol. The lowest BCUT2D eigenvalue weighted by molar-refractivity contribution is -0.116. The maximum atomic E-state index is 12.8. The second-order valence-electron chi connectivity index (χ2n) is 7.58. The Hall–Kier alpha value is -2.98. The number of aryl methyl sites for hydroxylation is 2. The van der Waals surface area contributed by atoms with E-state index in [9.17, 15) is 13.2 Å². The molecule has 10 heteroatoms. The van der Waals surface area contributed by atoms with E-state index in [4.69, 9.17) is 4.74 Å². The number of hydrogen-bond donors (Lipinski definition) is 1. The minimum absolute atomic E-state index is 0.180. The van der Waals surface area contributed by atoms with E-state index in [1.54, 1.807) is 30.0 Å². The zero-order valence-electron chi connectivity index (χ0n) is 17.5. The zero-order valence-corrected chi connectivity index (χ0v) is 18.4. The molecule has 0 bridgehead atoms. The first kappa shape index (κ1) is 21.3. The summed E-state index contributed by atoms with van der Waals surface area (Å²) >= 11 is 0. The Labute approximate surface area is 181 Å². The van der Waals surface area contributed by atoms with Crippen molar-refractivity contribution < 1.29 is 17.9 Å². The molecule has 0 saturated carbocycles. The van der Waals surface area contributed by atoms with Crippen molar-refractivity contribution in [2.24, 2.45) is 0 Å². The van der Waals surface area contributed by atoms with Gasteiger partial charge in [-0.2, -0.15) is 4.31 Å². The summed E-state index contributed by atoms with van der Waals surface area (Å²) < 4.78 is 33.9. The number of rotatable bonds is 7. The number of nitrogens with one attached hydrogen (secondary N) is 1. The van der Waals surface area contributed by atoms with Gasteiger partial charge in [0.05, 0.1) is 29.8 Å². The Bertz CT molecular complexity index is 1220. The van der Waals surface area contributed by atoms with Crippen molar-refractivity contribution in [3.05, 3.63) is 42.0 Å². The molecule has 164 valence electrons. The highest BCUT2D eigenvalue weighted by molar-refractivity contribution is 7.89. The van der Waals surface area contributed by atoms with Crippen molar-refractivity contribution in [1.82, 2.24) is 19.3 Å². The molecule has 1 N–H and O–H groups in total. The van der Waals surface area contributed by atoms with Crippen LogP contribution >= 0.6 is 0 Å². The molecule has 0 aliphatic carbocycles. The monoisotopic (exact) mass is 443 g/mol. The summed E-state index contributed by atoms with van der Waals surface area (Å²) in [4.78, 5) is 12.7. The molecule has 2 aromatic carbocycles. The summed E-state index contributed by atoms with van der Waals surface area (Å²) in [6.45, 7) is 3.35. The van der Waals surface area contributed by atoms with E-state index in [1.165, 1.54) is 4.31 Å². The van der Waals surface area contributed by atoms with E-state index >= 15 is 0 Å². The van der Waals surface area contributed by atoms with Gasteiger partial charge >= 0.3 is 0 Å². The maximum Gasteiger partial charge on any atom is 0.243 e. The standard InChI is InChI=1S/C21H25N5O4S/c1-15-5-8-20(30-2)18(13-15)22-21(27)9-12-26-19-7-6-16(14-17(19)23-24-26)31(28,29)25-10-3-4-11-25/h5-8,13-14H,3-4,9-12H2,1-2H3,(H,22,27).